The molecule has 0 fully saturated rings. The number of nitrogens with two attached hydrogens (primary N) is 1. The smallest absolute Gasteiger partial charge is 0.243 e. The monoisotopic (exact) mass is 333 g/mol. The van der Waals surface area contributed by atoms with Gasteiger partial charge < -0.3 is 11.1 Å². The highest BCUT2D eigenvalue weighted by Gasteiger charge is 2.25. The van der Waals surface area contributed by atoms with Crippen molar-refractivity contribution in [2.24, 2.45) is 0 Å². The summed E-state index contributed by atoms with van der Waals surface area (Å²) in [6, 6.07) is 4.04. The average Bonchev–Trinajstić information content (AvgIpc) is 2.37. The van der Waals surface area contributed by atoms with Crippen LogP contribution in [0, 0.1) is 0 Å². The van der Waals surface area contributed by atoms with Crippen LogP contribution in [0.25, 0.3) is 0 Å². The number of nitrogens with one attached hydrogen (secondary N) is 1. The molecule has 0 heterocycles. The molecule has 0 aliphatic rings. The maximum Gasteiger partial charge on any atom is 0.243 e. The number of sulfonamides is 1. The highest BCUT2D eigenvalue weighted by atomic mass is 35.5. The van der Waals surface area contributed by atoms with Gasteiger partial charge in [0, 0.05) is 12.6 Å². The number of nitrogen functional groups attached to an aromatic ring is 1. The minimum atomic E-state index is -3.79. The number of amides is 1. The number of rotatable bonds is 6. The van der Waals surface area contributed by atoms with Crippen LogP contribution in [0.2, 0.25) is 5.02 Å². The van der Waals surface area contributed by atoms with Crippen molar-refractivity contribution in [2.75, 3.05) is 18.8 Å². The van der Waals surface area contributed by atoms with Gasteiger partial charge in [0.2, 0.25) is 15.9 Å². The van der Waals surface area contributed by atoms with Crippen molar-refractivity contribution >= 4 is 33.2 Å². The molecule has 21 heavy (non-hydrogen) atoms. The van der Waals surface area contributed by atoms with Crippen molar-refractivity contribution in [1.29, 1.82) is 0 Å². The van der Waals surface area contributed by atoms with Crippen molar-refractivity contribution < 1.29 is 13.2 Å². The Kier molecular flexibility index (Phi) is 6.00. The zero-order chi connectivity index (χ0) is 16.2. The van der Waals surface area contributed by atoms with Gasteiger partial charge in [-0.25, -0.2) is 8.42 Å². The molecule has 0 aliphatic heterocycles. The summed E-state index contributed by atoms with van der Waals surface area (Å²) in [6.45, 7) is 5.22. The summed E-state index contributed by atoms with van der Waals surface area (Å²) < 4.78 is 26.1. The minimum Gasteiger partial charge on any atom is -0.397 e. The number of carbonyl (C=O) groups excluding carboxylic acids is 1. The standard InChI is InChI=1S/C13H20ClN3O3S/c1-4-17(8-13(18)16-9(2)3)21(19,20)10-5-6-11(14)12(15)7-10/h5-7,9H,4,8,15H2,1-3H3,(H,16,18). The lowest BCUT2D eigenvalue weighted by molar-refractivity contribution is -0.121. The molecule has 1 amide bonds. The van der Waals surface area contributed by atoms with E-state index in [1.807, 2.05) is 13.8 Å². The largest absolute Gasteiger partial charge is 0.397 e. The molecule has 0 unspecified atom stereocenters. The van der Waals surface area contributed by atoms with E-state index in [2.05, 4.69) is 5.32 Å². The molecule has 0 spiro atoms. The van der Waals surface area contributed by atoms with Crippen molar-refractivity contribution in [1.82, 2.24) is 9.62 Å². The van der Waals surface area contributed by atoms with Crippen LogP contribution in [-0.2, 0) is 14.8 Å². The number of hydrogen-bond acceptors (Lipinski definition) is 4. The first-order chi connectivity index (χ1) is 9.68. The Bertz CT molecular complexity index is 617. The molecule has 0 aromatic heterocycles. The molecule has 0 bridgehead atoms. The number of hydrogen-bond donors (Lipinski definition) is 2. The third-order valence-electron chi connectivity index (χ3n) is 2.73. The minimum absolute atomic E-state index is 0.0172. The molecule has 118 valence electrons. The molecule has 0 atom stereocenters. The zero-order valence-electron chi connectivity index (χ0n) is 12.3. The molecule has 1 rings (SSSR count). The van der Waals surface area contributed by atoms with Gasteiger partial charge in [-0.15, -0.1) is 0 Å². The van der Waals surface area contributed by atoms with Crippen molar-refractivity contribution in [3.05, 3.63) is 23.2 Å². The van der Waals surface area contributed by atoms with Crippen LogP contribution in [0.5, 0.6) is 0 Å². The second kappa shape index (κ2) is 7.11. The Morgan fingerprint density at radius 1 is 1.43 bits per heavy atom. The van der Waals surface area contributed by atoms with Gasteiger partial charge in [0.25, 0.3) is 0 Å². The van der Waals surface area contributed by atoms with Crippen LogP contribution in [0.1, 0.15) is 20.8 Å². The predicted octanol–water partition coefficient (Wildman–Crippen LogP) is 1.46. The fourth-order valence-electron chi connectivity index (χ4n) is 1.73. The SMILES string of the molecule is CCN(CC(=O)NC(C)C)S(=O)(=O)c1ccc(Cl)c(N)c1. The summed E-state index contributed by atoms with van der Waals surface area (Å²) in [7, 11) is -3.79. The Labute approximate surface area is 130 Å². The van der Waals surface area contributed by atoms with Crippen LogP contribution >= 0.6 is 11.6 Å². The van der Waals surface area contributed by atoms with E-state index in [4.69, 9.17) is 17.3 Å². The topological polar surface area (TPSA) is 92.5 Å². The Hall–Kier alpha value is -1.31. The van der Waals surface area contributed by atoms with Crippen LogP contribution in [0.15, 0.2) is 23.1 Å². The van der Waals surface area contributed by atoms with Crippen LogP contribution in [0.3, 0.4) is 0 Å². The first-order valence-corrected chi connectivity index (χ1v) is 8.34. The van der Waals surface area contributed by atoms with Crippen LogP contribution in [-0.4, -0.2) is 37.8 Å². The lowest BCUT2D eigenvalue weighted by atomic mass is 10.3. The van der Waals surface area contributed by atoms with E-state index in [0.717, 1.165) is 4.31 Å². The molecule has 1 aromatic carbocycles. The van der Waals surface area contributed by atoms with Gasteiger partial charge in [0.05, 0.1) is 22.2 Å². The van der Waals surface area contributed by atoms with E-state index >= 15 is 0 Å². The van der Waals surface area contributed by atoms with Crippen molar-refractivity contribution in [3.63, 3.8) is 0 Å². The van der Waals surface area contributed by atoms with E-state index in [9.17, 15) is 13.2 Å². The van der Waals surface area contributed by atoms with Gasteiger partial charge in [0.15, 0.2) is 0 Å². The third-order valence-corrected chi connectivity index (χ3v) is 4.99. The number of likely N-dealkylation sites (N-methyl/N-ethyl adjacent to an activating group) is 1. The second-order valence-electron chi connectivity index (χ2n) is 4.84. The Morgan fingerprint density at radius 3 is 2.52 bits per heavy atom. The first-order valence-electron chi connectivity index (χ1n) is 6.53. The molecule has 1 aromatic rings. The highest BCUT2D eigenvalue weighted by molar-refractivity contribution is 7.89. The van der Waals surface area contributed by atoms with Gasteiger partial charge in [-0.05, 0) is 32.0 Å². The van der Waals surface area contributed by atoms with Crippen LogP contribution in [0.4, 0.5) is 5.69 Å². The quantitative estimate of drug-likeness (QED) is 0.771. The molecule has 8 heteroatoms. The molecule has 0 aliphatic carbocycles. The molecule has 0 saturated heterocycles. The summed E-state index contributed by atoms with van der Waals surface area (Å²) in [6.07, 6.45) is 0. The fourth-order valence-corrected chi connectivity index (χ4v) is 3.28. The van der Waals surface area contributed by atoms with Gasteiger partial charge in [0.1, 0.15) is 0 Å². The van der Waals surface area contributed by atoms with Gasteiger partial charge in [-0.3, -0.25) is 4.79 Å². The third kappa shape index (κ3) is 4.59. The van der Waals surface area contributed by atoms with Crippen LogP contribution < -0.4 is 11.1 Å². The maximum atomic E-state index is 12.5. The number of anilines is 1. The predicted molar refractivity (Wildman–Crippen MR) is 83.6 cm³/mol. The number of halogens is 1. The molecule has 3 N–H and O–H groups in total. The second-order valence-corrected chi connectivity index (χ2v) is 7.18. The zero-order valence-corrected chi connectivity index (χ0v) is 13.8. The average molecular weight is 334 g/mol. The van der Waals surface area contributed by atoms with Crippen molar-refractivity contribution in [3.8, 4) is 0 Å². The number of nitrogens with zero attached hydrogens (tertiary/aromatic N) is 1. The lowest BCUT2D eigenvalue weighted by Crippen LogP contribution is -2.42. The van der Waals surface area contributed by atoms with E-state index < -0.39 is 10.0 Å². The van der Waals surface area contributed by atoms with Gasteiger partial charge in [-0.2, -0.15) is 4.31 Å². The number of carbonyl (C=O) groups is 1. The Morgan fingerprint density at radius 2 is 2.05 bits per heavy atom. The molecule has 0 radical (unpaired) electrons. The van der Waals surface area contributed by atoms with Gasteiger partial charge >= 0.3 is 0 Å². The molecule has 6 nitrogen and oxygen atoms in total. The number of benzene rings is 1. The van der Waals surface area contributed by atoms with E-state index in [0.29, 0.717) is 0 Å². The molecular weight excluding hydrogens is 314 g/mol. The summed E-state index contributed by atoms with van der Waals surface area (Å²) >= 11 is 5.79. The molecule has 0 saturated carbocycles. The molecular formula is C13H20ClN3O3S. The lowest BCUT2D eigenvalue weighted by Gasteiger charge is -2.21. The van der Waals surface area contributed by atoms with E-state index in [1.165, 1.54) is 18.2 Å². The first kappa shape index (κ1) is 17.7. The van der Waals surface area contributed by atoms with Crippen molar-refractivity contribution in [2.45, 2.75) is 31.7 Å². The maximum absolute atomic E-state index is 12.5. The van der Waals surface area contributed by atoms with E-state index in [-0.39, 0.29) is 40.6 Å². The van der Waals surface area contributed by atoms with E-state index in [1.54, 1.807) is 6.92 Å². The summed E-state index contributed by atoms with van der Waals surface area (Å²) in [4.78, 5) is 11.8. The van der Waals surface area contributed by atoms with Gasteiger partial charge in [-0.1, -0.05) is 18.5 Å². The highest BCUT2D eigenvalue weighted by Crippen LogP contribution is 2.24. The summed E-state index contributed by atoms with van der Waals surface area (Å²) in [5, 5.41) is 2.95. The normalized spacial score (nSPS) is 11.9. The Balaban J connectivity index is 3.02. The summed E-state index contributed by atoms with van der Waals surface area (Å²) in [5.41, 5.74) is 5.81. The fraction of sp³-hybridized carbons (Fsp3) is 0.462. The summed E-state index contributed by atoms with van der Waals surface area (Å²) in [5.74, 6) is -0.350.